The van der Waals surface area contributed by atoms with Crippen LogP contribution < -0.4 is 5.32 Å². The highest BCUT2D eigenvalue weighted by Crippen LogP contribution is 2.30. The summed E-state index contributed by atoms with van der Waals surface area (Å²) in [5.41, 5.74) is 3.11. The summed E-state index contributed by atoms with van der Waals surface area (Å²) in [4.78, 5) is 0. The van der Waals surface area contributed by atoms with Gasteiger partial charge in [-0.05, 0) is 66.0 Å². The van der Waals surface area contributed by atoms with Gasteiger partial charge in [0.15, 0.2) is 0 Å². The highest BCUT2D eigenvalue weighted by Gasteiger charge is 2.22. The molecule has 0 radical (unpaired) electrons. The van der Waals surface area contributed by atoms with Crippen molar-refractivity contribution in [3.8, 4) is 0 Å². The van der Waals surface area contributed by atoms with E-state index in [9.17, 15) is 4.39 Å². The van der Waals surface area contributed by atoms with Gasteiger partial charge in [0.25, 0.3) is 0 Å². The van der Waals surface area contributed by atoms with E-state index in [1.165, 1.54) is 6.07 Å². The van der Waals surface area contributed by atoms with Gasteiger partial charge in [-0.2, -0.15) is 5.10 Å². The van der Waals surface area contributed by atoms with E-state index < -0.39 is 0 Å². The zero-order valence-corrected chi connectivity index (χ0v) is 14.2. The third-order valence-electron chi connectivity index (χ3n) is 3.55. The van der Waals surface area contributed by atoms with Gasteiger partial charge in [-0.15, -0.1) is 0 Å². The number of hydrogen-bond acceptors (Lipinski definition) is 2. The Morgan fingerprint density at radius 1 is 1.38 bits per heavy atom. The average Bonchev–Trinajstić information content (AvgIpc) is 2.82. The minimum Gasteiger partial charge on any atom is -0.305 e. The van der Waals surface area contributed by atoms with E-state index in [0.717, 1.165) is 40.8 Å². The zero-order chi connectivity index (χ0) is 15.4. The lowest BCUT2D eigenvalue weighted by Gasteiger charge is -2.22. The first-order chi connectivity index (χ1) is 10.1. The van der Waals surface area contributed by atoms with E-state index in [1.807, 2.05) is 23.9 Å². The first-order valence-corrected chi connectivity index (χ1v) is 8.08. The molecule has 1 atom stereocenters. The molecule has 1 aromatic carbocycles. The number of nitrogens with zero attached hydrogens (tertiary/aromatic N) is 2. The second kappa shape index (κ2) is 7.18. The molecule has 114 valence electrons. The Kier molecular flexibility index (Phi) is 5.53. The van der Waals surface area contributed by atoms with Gasteiger partial charge < -0.3 is 5.32 Å². The fourth-order valence-corrected chi connectivity index (χ4v) is 3.04. The van der Waals surface area contributed by atoms with Gasteiger partial charge in [-0.1, -0.05) is 13.0 Å². The number of aryl methyl sites for hydroxylation is 2. The summed E-state index contributed by atoms with van der Waals surface area (Å²) in [6.07, 6.45) is 2.85. The van der Waals surface area contributed by atoms with Crippen LogP contribution in [0.2, 0.25) is 0 Å². The quantitative estimate of drug-likeness (QED) is 0.843. The van der Waals surface area contributed by atoms with Crippen LogP contribution in [0.15, 0.2) is 28.9 Å². The SMILES string of the molecule is CCCNC(c1ccc(F)cc1C)c1c(Br)cnn1CC. The molecule has 0 saturated carbocycles. The first kappa shape index (κ1) is 16.2. The Balaban J connectivity index is 2.49. The molecule has 0 aliphatic carbocycles. The Morgan fingerprint density at radius 3 is 2.76 bits per heavy atom. The van der Waals surface area contributed by atoms with E-state index in [4.69, 9.17) is 0 Å². The maximum atomic E-state index is 13.4. The molecule has 0 amide bonds. The summed E-state index contributed by atoms with van der Waals surface area (Å²) in [6.45, 7) is 7.83. The van der Waals surface area contributed by atoms with Crippen LogP contribution in [-0.4, -0.2) is 16.3 Å². The Morgan fingerprint density at radius 2 is 2.14 bits per heavy atom. The van der Waals surface area contributed by atoms with Gasteiger partial charge in [-0.3, -0.25) is 4.68 Å². The number of nitrogens with one attached hydrogen (secondary N) is 1. The van der Waals surface area contributed by atoms with Crippen LogP contribution in [-0.2, 0) is 6.54 Å². The average molecular weight is 354 g/mol. The van der Waals surface area contributed by atoms with Crippen molar-refractivity contribution in [2.45, 2.75) is 39.8 Å². The molecular weight excluding hydrogens is 333 g/mol. The summed E-state index contributed by atoms with van der Waals surface area (Å²) < 4.78 is 16.3. The molecule has 1 unspecified atom stereocenters. The molecule has 2 aromatic rings. The third-order valence-corrected chi connectivity index (χ3v) is 4.16. The minimum atomic E-state index is -0.200. The third kappa shape index (κ3) is 3.52. The maximum absolute atomic E-state index is 13.4. The topological polar surface area (TPSA) is 29.9 Å². The largest absolute Gasteiger partial charge is 0.305 e. The number of hydrogen-bond donors (Lipinski definition) is 1. The molecule has 0 bridgehead atoms. The smallest absolute Gasteiger partial charge is 0.123 e. The van der Waals surface area contributed by atoms with Gasteiger partial charge in [0, 0.05) is 6.54 Å². The van der Waals surface area contributed by atoms with Gasteiger partial charge in [0.05, 0.1) is 22.4 Å². The highest BCUT2D eigenvalue weighted by atomic mass is 79.9. The fourth-order valence-electron chi connectivity index (χ4n) is 2.52. The van der Waals surface area contributed by atoms with Crippen LogP contribution in [0.3, 0.4) is 0 Å². The highest BCUT2D eigenvalue weighted by molar-refractivity contribution is 9.10. The number of rotatable bonds is 6. The molecule has 1 heterocycles. The summed E-state index contributed by atoms with van der Waals surface area (Å²) in [5, 5.41) is 7.94. The molecule has 1 N–H and O–H groups in total. The van der Waals surface area contributed by atoms with Crippen LogP contribution in [0.25, 0.3) is 0 Å². The maximum Gasteiger partial charge on any atom is 0.123 e. The van der Waals surface area contributed by atoms with Crippen LogP contribution in [0.5, 0.6) is 0 Å². The lowest BCUT2D eigenvalue weighted by Crippen LogP contribution is -2.26. The van der Waals surface area contributed by atoms with Gasteiger partial charge >= 0.3 is 0 Å². The Bertz CT molecular complexity index is 610. The van der Waals surface area contributed by atoms with E-state index in [2.05, 4.69) is 40.2 Å². The van der Waals surface area contributed by atoms with Crippen LogP contribution in [0.4, 0.5) is 4.39 Å². The standard InChI is InChI=1S/C16H21BrFN3/c1-4-8-19-15(13-7-6-12(18)9-11(13)3)16-14(17)10-20-21(16)5-2/h6-7,9-10,15,19H,4-5,8H2,1-3H3. The zero-order valence-electron chi connectivity index (χ0n) is 12.7. The van der Waals surface area contributed by atoms with E-state index in [0.29, 0.717) is 0 Å². The Hall–Kier alpha value is -1.20. The number of halogens is 2. The fraction of sp³-hybridized carbons (Fsp3) is 0.438. The predicted octanol–water partition coefficient (Wildman–Crippen LogP) is 4.20. The normalized spacial score (nSPS) is 12.6. The molecule has 2 rings (SSSR count). The molecule has 0 aliphatic heterocycles. The molecule has 21 heavy (non-hydrogen) atoms. The van der Waals surface area contributed by atoms with Crippen LogP contribution >= 0.6 is 15.9 Å². The van der Waals surface area contributed by atoms with Crippen molar-refractivity contribution in [1.82, 2.24) is 15.1 Å². The molecule has 0 aliphatic rings. The second-order valence-electron chi connectivity index (χ2n) is 5.08. The van der Waals surface area contributed by atoms with Crippen molar-refractivity contribution in [2.75, 3.05) is 6.54 Å². The first-order valence-electron chi connectivity index (χ1n) is 7.29. The summed E-state index contributed by atoms with van der Waals surface area (Å²) in [7, 11) is 0. The lowest BCUT2D eigenvalue weighted by molar-refractivity contribution is 0.525. The van der Waals surface area contributed by atoms with Crippen molar-refractivity contribution >= 4 is 15.9 Å². The summed E-state index contributed by atoms with van der Waals surface area (Å²) in [5.74, 6) is -0.200. The molecule has 0 saturated heterocycles. The number of benzene rings is 1. The molecule has 3 nitrogen and oxygen atoms in total. The molecular formula is C16H21BrFN3. The van der Waals surface area contributed by atoms with Crippen molar-refractivity contribution < 1.29 is 4.39 Å². The van der Waals surface area contributed by atoms with Crippen molar-refractivity contribution in [3.05, 3.63) is 51.5 Å². The lowest BCUT2D eigenvalue weighted by atomic mass is 9.98. The van der Waals surface area contributed by atoms with Gasteiger partial charge in [0.1, 0.15) is 5.82 Å². The van der Waals surface area contributed by atoms with E-state index >= 15 is 0 Å². The van der Waals surface area contributed by atoms with Gasteiger partial charge in [-0.25, -0.2) is 4.39 Å². The summed E-state index contributed by atoms with van der Waals surface area (Å²) in [6, 6.07) is 4.96. The van der Waals surface area contributed by atoms with Crippen LogP contribution in [0, 0.1) is 12.7 Å². The summed E-state index contributed by atoms with van der Waals surface area (Å²) >= 11 is 3.59. The Labute approximate surface area is 133 Å². The van der Waals surface area contributed by atoms with E-state index in [1.54, 1.807) is 6.07 Å². The monoisotopic (exact) mass is 353 g/mol. The molecule has 0 fully saturated rings. The second-order valence-corrected chi connectivity index (χ2v) is 5.94. The molecule has 5 heteroatoms. The molecule has 0 spiro atoms. The molecule has 1 aromatic heterocycles. The van der Waals surface area contributed by atoms with E-state index in [-0.39, 0.29) is 11.9 Å². The van der Waals surface area contributed by atoms with Gasteiger partial charge in [0.2, 0.25) is 0 Å². The predicted molar refractivity (Wildman–Crippen MR) is 86.9 cm³/mol. The minimum absolute atomic E-state index is 0.00220. The van der Waals surface area contributed by atoms with Crippen molar-refractivity contribution in [3.63, 3.8) is 0 Å². The van der Waals surface area contributed by atoms with Crippen LogP contribution in [0.1, 0.15) is 43.1 Å². The van der Waals surface area contributed by atoms with Crippen molar-refractivity contribution in [2.24, 2.45) is 0 Å². The van der Waals surface area contributed by atoms with Crippen molar-refractivity contribution in [1.29, 1.82) is 0 Å². The number of aromatic nitrogens is 2.